The number of nitrogen functional groups attached to an aromatic ring is 1. The Hall–Kier alpha value is -4.20. The number of nitrogens with one attached hydrogen (secondary N) is 1. The average Bonchev–Trinajstić information content (AvgIpc) is 2.77. The highest BCUT2D eigenvalue weighted by Crippen LogP contribution is 2.31. The van der Waals surface area contributed by atoms with Gasteiger partial charge in [0.1, 0.15) is 12.1 Å². The van der Waals surface area contributed by atoms with Crippen LogP contribution < -0.4 is 11.1 Å². The molecule has 5 nitrogen and oxygen atoms in total. The number of rotatable bonds is 4. The number of amides is 1. The maximum absolute atomic E-state index is 12.9. The third kappa shape index (κ3) is 4.75. The van der Waals surface area contributed by atoms with E-state index in [0.29, 0.717) is 22.5 Å². The van der Waals surface area contributed by atoms with Gasteiger partial charge < -0.3 is 11.1 Å². The van der Waals surface area contributed by atoms with Gasteiger partial charge >= 0.3 is 6.18 Å². The molecule has 0 saturated carbocycles. The highest BCUT2D eigenvalue weighted by Gasteiger charge is 2.30. The highest BCUT2D eigenvalue weighted by atomic mass is 19.4. The summed E-state index contributed by atoms with van der Waals surface area (Å²) >= 11 is 0. The fourth-order valence-electron chi connectivity index (χ4n) is 3.24. The van der Waals surface area contributed by atoms with Gasteiger partial charge in [-0.15, -0.1) is 0 Å². The third-order valence-corrected chi connectivity index (χ3v) is 4.75. The Bertz CT molecular complexity index is 1330. The van der Waals surface area contributed by atoms with Crippen LogP contribution in [0.4, 0.5) is 24.7 Å². The molecule has 32 heavy (non-hydrogen) atoms. The van der Waals surface area contributed by atoms with Crippen LogP contribution in [0.1, 0.15) is 27.2 Å². The number of alkyl halides is 3. The summed E-state index contributed by atoms with van der Waals surface area (Å²) in [6, 6.07) is 16.9. The van der Waals surface area contributed by atoms with E-state index in [1.54, 1.807) is 30.3 Å². The predicted octanol–water partition coefficient (Wildman–Crippen LogP) is 5.65. The summed E-state index contributed by atoms with van der Waals surface area (Å²) in [4.78, 5) is 20.7. The number of benzene rings is 3. The molecular weight excluding hydrogens is 417 g/mol. The normalized spacial score (nSPS) is 11.7. The van der Waals surface area contributed by atoms with E-state index in [9.17, 15) is 18.0 Å². The smallest absolute Gasteiger partial charge is 0.384 e. The zero-order chi connectivity index (χ0) is 22.7. The number of carbonyl (C=O) groups excluding carboxylic acids is 1. The lowest BCUT2D eigenvalue weighted by Crippen LogP contribution is -2.13. The van der Waals surface area contributed by atoms with E-state index in [0.717, 1.165) is 23.1 Å². The standard InChI is InChI=1S/C24H17F3N4O/c25-24(26,27)17-4-2-5-19(12-17)31-23(32)21-6-1-3-16-11-15(8-10-20(16)21)7-9-18-13-22(28)30-14-29-18/h1-14H,(H,31,32)(H2,28,29,30). The molecule has 0 aliphatic rings. The Morgan fingerprint density at radius 1 is 0.938 bits per heavy atom. The van der Waals surface area contributed by atoms with E-state index in [4.69, 9.17) is 5.73 Å². The van der Waals surface area contributed by atoms with E-state index in [1.165, 1.54) is 18.5 Å². The Kier molecular flexibility index (Phi) is 5.59. The maximum atomic E-state index is 12.9. The third-order valence-electron chi connectivity index (χ3n) is 4.75. The van der Waals surface area contributed by atoms with Crippen molar-refractivity contribution in [2.75, 3.05) is 11.1 Å². The number of anilines is 2. The first-order valence-corrected chi connectivity index (χ1v) is 9.56. The first kappa shape index (κ1) is 21.0. The first-order chi connectivity index (χ1) is 15.3. The molecule has 0 fully saturated rings. The highest BCUT2D eigenvalue weighted by molar-refractivity contribution is 6.13. The minimum atomic E-state index is -4.48. The fraction of sp³-hybridized carbons (Fsp3) is 0.0417. The van der Waals surface area contributed by atoms with Crippen molar-refractivity contribution < 1.29 is 18.0 Å². The van der Waals surface area contributed by atoms with E-state index in [1.807, 2.05) is 24.3 Å². The fourth-order valence-corrected chi connectivity index (χ4v) is 3.24. The minimum absolute atomic E-state index is 0.0745. The van der Waals surface area contributed by atoms with Crippen LogP contribution in [-0.2, 0) is 6.18 Å². The molecule has 1 amide bonds. The molecule has 4 rings (SSSR count). The molecule has 0 aliphatic carbocycles. The second-order valence-corrected chi connectivity index (χ2v) is 7.02. The van der Waals surface area contributed by atoms with E-state index in [-0.39, 0.29) is 5.69 Å². The number of nitrogens with two attached hydrogens (primary N) is 1. The molecule has 3 aromatic carbocycles. The van der Waals surface area contributed by atoms with Crippen LogP contribution in [0.2, 0.25) is 0 Å². The first-order valence-electron chi connectivity index (χ1n) is 9.56. The number of hydrogen-bond donors (Lipinski definition) is 2. The molecular formula is C24H17F3N4O. The second-order valence-electron chi connectivity index (χ2n) is 7.02. The molecule has 0 atom stereocenters. The lowest BCUT2D eigenvalue weighted by atomic mass is 10.0. The summed E-state index contributed by atoms with van der Waals surface area (Å²) < 4.78 is 38.8. The quantitative estimate of drug-likeness (QED) is 0.435. The van der Waals surface area contributed by atoms with Crippen molar-refractivity contribution in [1.29, 1.82) is 0 Å². The van der Waals surface area contributed by atoms with Gasteiger partial charge in [0.25, 0.3) is 5.91 Å². The number of halogens is 3. The van der Waals surface area contributed by atoms with Crippen molar-refractivity contribution in [3.63, 3.8) is 0 Å². The SMILES string of the molecule is Nc1cc(C=Cc2ccc3c(C(=O)Nc4cccc(C(F)(F)F)c4)cccc3c2)ncn1. The van der Waals surface area contributed by atoms with Gasteiger partial charge in [0, 0.05) is 17.3 Å². The topological polar surface area (TPSA) is 80.9 Å². The van der Waals surface area contributed by atoms with Crippen LogP contribution in [0.15, 0.2) is 73.1 Å². The van der Waals surface area contributed by atoms with Crippen molar-refractivity contribution in [2.24, 2.45) is 0 Å². The molecule has 1 heterocycles. The van der Waals surface area contributed by atoms with Crippen molar-refractivity contribution in [1.82, 2.24) is 9.97 Å². The van der Waals surface area contributed by atoms with E-state index >= 15 is 0 Å². The summed E-state index contributed by atoms with van der Waals surface area (Å²) in [5.74, 6) is -0.121. The summed E-state index contributed by atoms with van der Waals surface area (Å²) in [7, 11) is 0. The molecule has 3 N–H and O–H groups in total. The summed E-state index contributed by atoms with van der Waals surface area (Å²) in [6.45, 7) is 0. The Morgan fingerprint density at radius 3 is 2.53 bits per heavy atom. The molecule has 0 radical (unpaired) electrons. The van der Waals surface area contributed by atoms with Crippen molar-refractivity contribution >= 4 is 40.3 Å². The second kappa shape index (κ2) is 8.50. The van der Waals surface area contributed by atoms with Gasteiger partial charge in [-0.3, -0.25) is 4.79 Å². The summed E-state index contributed by atoms with van der Waals surface area (Å²) in [5, 5.41) is 4.04. The van der Waals surface area contributed by atoms with E-state index in [2.05, 4.69) is 15.3 Å². The van der Waals surface area contributed by atoms with Gasteiger partial charge in [0.15, 0.2) is 0 Å². The van der Waals surface area contributed by atoms with Crippen molar-refractivity contribution in [3.8, 4) is 0 Å². The number of carbonyl (C=O) groups is 1. The molecule has 8 heteroatoms. The van der Waals surface area contributed by atoms with Gasteiger partial charge in [-0.2, -0.15) is 13.2 Å². The number of aromatic nitrogens is 2. The Labute approximate surface area is 181 Å². The molecule has 0 saturated heterocycles. The largest absolute Gasteiger partial charge is 0.416 e. The predicted molar refractivity (Wildman–Crippen MR) is 119 cm³/mol. The Morgan fingerprint density at radius 2 is 1.75 bits per heavy atom. The van der Waals surface area contributed by atoms with Gasteiger partial charge in [-0.25, -0.2) is 9.97 Å². The van der Waals surface area contributed by atoms with Gasteiger partial charge in [0.2, 0.25) is 0 Å². The van der Waals surface area contributed by atoms with Crippen LogP contribution >= 0.6 is 0 Å². The van der Waals surface area contributed by atoms with Crippen LogP contribution in [0.5, 0.6) is 0 Å². The monoisotopic (exact) mass is 434 g/mol. The lowest BCUT2D eigenvalue weighted by Gasteiger charge is -2.11. The number of hydrogen-bond acceptors (Lipinski definition) is 4. The number of nitrogens with zero attached hydrogens (tertiary/aromatic N) is 2. The van der Waals surface area contributed by atoms with Crippen LogP contribution in [0.3, 0.4) is 0 Å². The molecule has 0 unspecified atom stereocenters. The molecule has 0 bridgehead atoms. The van der Waals surface area contributed by atoms with E-state index < -0.39 is 17.6 Å². The molecule has 0 aliphatic heterocycles. The lowest BCUT2D eigenvalue weighted by molar-refractivity contribution is -0.137. The molecule has 0 spiro atoms. The zero-order valence-corrected chi connectivity index (χ0v) is 16.6. The summed E-state index contributed by atoms with van der Waals surface area (Å²) in [5.41, 5.74) is 6.80. The van der Waals surface area contributed by atoms with Crippen LogP contribution in [0, 0.1) is 0 Å². The summed E-state index contributed by atoms with van der Waals surface area (Å²) in [6.07, 6.45) is 0.548. The van der Waals surface area contributed by atoms with Crippen LogP contribution in [0.25, 0.3) is 22.9 Å². The average molecular weight is 434 g/mol. The number of fused-ring (bicyclic) bond motifs is 1. The molecule has 1 aromatic heterocycles. The zero-order valence-electron chi connectivity index (χ0n) is 16.6. The van der Waals surface area contributed by atoms with Gasteiger partial charge in [-0.05, 0) is 52.7 Å². The van der Waals surface area contributed by atoms with Gasteiger partial charge in [-0.1, -0.05) is 36.4 Å². The Balaban J connectivity index is 1.59. The van der Waals surface area contributed by atoms with Crippen molar-refractivity contribution in [2.45, 2.75) is 6.18 Å². The maximum Gasteiger partial charge on any atom is 0.416 e. The van der Waals surface area contributed by atoms with Crippen molar-refractivity contribution in [3.05, 3.63) is 95.4 Å². The minimum Gasteiger partial charge on any atom is -0.384 e. The molecule has 4 aromatic rings. The molecule has 160 valence electrons. The van der Waals surface area contributed by atoms with Gasteiger partial charge in [0.05, 0.1) is 11.3 Å². The van der Waals surface area contributed by atoms with Crippen LogP contribution in [-0.4, -0.2) is 15.9 Å².